The summed E-state index contributed by atoms with van der Waals surface area (Å²) in [6.45, 7) is 2.95. The lowest BCUT2D eigenvalue weighted by Crippen LogP contribution is -2.07. The molecule has 20 heavy (non-hydrogen) atoms. The highest BCUT2D eigenvalue weighted by atomic mass is 35.5. The first-order valence-corrected chi connectivity index (χ1v) is 6.58. The van der Waals surface area contributed by atoms with Gasteiger partial charge in [-0.25, -0.2) is 4.39 Å². The average molecular weight is 297 g/mol. The summed E-state index contributed by atoms with van der Waals surface area (Å²) >= 11 is 5.80. The van der Waals surface area contributed by atoms with Crippen molar-refractivity contribution in [3.8, 4) is 6.01 Å². The van der Waals surface area contributed by atoms with Crippen molar-refractivity contribution in [2.24, 2.45) is 0 Å². The zero-order valence-corrected chi connectivity index (χ0v) is 11.7. The first-order valence-electron chi connectivity index (χ1n) is 6.20. The van der Waals surface area contributed by atoms with E-state index in [4.69, 9.17) is 16.3 Å². The van der Waals surface area contributed by atoms with Gasteiger partial charge in [0.15, 0.2) is 0 Å². The molecule has 0 radical (unpaired) electrons. The molecule has 2 aromatic rings. The minimum Gasteiger partial charge on any atom is -0.463 e. The fraction of sp³-hybridized carbons (Fsp3) is 0.308. The number of hydrogen-bond donors (Lipinski definition) is 1. The van der Waals surface area contributed by atoms with E-state index in [2.05, 4.69) is 20.3 Å². The highest BCUT2D eigenvalue weighted by Crippen LogP contribution is 2.12. The number of rotatable bonds is 6. The predicted octanol–water partition coefficient (Wildman–Crippen LogP) is 3.07. The first kappa shape index (κ1) is 14.5. The van der Waals surface area contributed by atoms with Crippen molar-refractivity contribution in [1.29, 1.82) is 0 Å². The van der Waals surface area contributed by atoms with Crippen LogP contribution in [0.2, 0.25) is 5.28 Å². The maximum Gasteiger partial charge on any atom is 0.322 e. The second-order valence-corrected chi connectivity index (χ2v) is 4.38. The lowest BCUT2D eigenvalue weighted by Gasteiger charge is -2.07. The van der Waals surface area contributed by atoms with Crippen LogP contribution in [0.15, 0.2) is 24.3 Å². The van der Waals surface area contributed by atoms with Gasteiger partial charge < -0.3 is 10.1 Å². The molecule has 1 heterocycles. The highest BCUT2D eigenvalue weighted by Gasteiger charge is 2.05. The SMILES string of the molecule is CCCOc1nc(Cl)nc(NCc2ccc(F)cc2)n1. The van der Waals surface area contributed by atoms with Crippen LogP contribution in [-0.2, 0) is 6.54 Å². The minimum absolute atomic E-state index is 0.0627. The van der Waals surface area contributed by atoms with Gasteiger partial charge in [-0.1, -0.05) is 19.1 Å². The summed E-state index contributed by atoms with van der Waals surface area (Å²) < 4.78 is 18.1. The Kier molecular flexibility index (Phi) is 5.06. The Balaban J connectivity index is 2.01. The molecule has 0 aliphatic carbocycles. The Morgan fingerprint density at radius 3 is 2.65 bits per heavy atom. The summed E-state index contributed by atoms with van der Waals surface area (Å²) in [7, 11) is 0. The molecule has 1 aromatic heterocycles. The number of nitrogens with zero attached hydrogens (tertiary/aromatic N) is 3. The Labute approximate surface area is 121 Å². The molecular formula is C13H14ClFN4O. The topological polar surface area (TPSA) is 59.9 Å². The first-order chi connectivity index (χ1) is 9.67. The number of nitrogens with one attached hydrogen (secondary N) is 1. The smallest absolute Gasteiger partial charge is 0.322 e. The van der Waals surface area contributed by atoms with Crippen molar-refractivity contribution in [3.63, 3.8) is 0 Å². The van der Waals surface area contributed by atoms with Gasteiger partial charge in [0.2, 0.25) is 11.2 Å². The molecule has 0 spiro atoms. The summed E-state index contributed by atoms with van der Waals surface area (Å²) in [5.41, 5.74) is 0.902. The highest BCUT2D eigenvalue weighted by molar-refractivity contribution is 6.28. The summed E-state index contributed by atoms with van der Waals surface area (Å²) in [5, 5.41) is 3.05. The molecule has 0 amide bonds. The van der Waals surface area contributed by atoms with Gasteiger partial charge in [0, 0.05) is 6.54 Å². The van der Waals surface area contributed by atoms with E-state index in [1.807, 2.05) is 6.92 Å². The molecule has 0 unspecified atom stereocenters. The fourth-order valence-electron chi connectivity index (χ4n) is 1.45. The quantitative estimate of drug-likeness (QED) is 0.888. The van der Waals surface area contributed by atoms with Gasteiger partial charge in [-0.2, -0.15) is 15.0 Å². The van der Waals surface area contributed by atoms with Crippen LogP contribution in [0, 0.1) is 5.82 Å². The number of anilines is 1. The normalized spacial score (nSPS) is 10.3. The molecule has 106 valence electrons. The summed E-state index contributed by atoms with van der Waals surface area (Å²) in [5.74, 6) is 0.0487. The van der Waals surface area contributed by atoms with Crippen LogP contribution in [0.25, 0.3) is 0 Å². The third kappa shape index (κ3) is 4.31. The molecule has 0 aliphatic rings. The molecule has 0 bridgehead atoms. The van der Waals surface area contributed by atoms with E-state index in [1.54, 1.807) is 12.1 Å². The monoisotopic (exact) mass is 296 g/mol. The maximum absolute atomic E-state index is 12.8. The second-order valence-electron chi connectivity index (χ2n) is 4.04. The van der Waals surface area contributed by atoms with Gasteiger partial charge in [0.05, 0.1) is 6.61 Å². The molecular weight excluding hydrogens is 283 g/mol. The van der Waals surface area contributed by atoms with Gasteiger partial charge >= 0.3 is 6.01 Å². The molecule has 5 nitrogen and oxygen atoms in total. The van der Waals surface area contributed by atoms with E-state index in [-0.39, 0.29) is 17.1 Å². The lowest BCUT2D eigenvalue weighted by molar-refractivity contribution is 0.291. The van der Waals surface area contributed by atoms with Crippen LogP contribution >= 0.6 is 11.6 Å². The van der Waals surface area contributed by atoms with Crippen molar-refractivity contribution >= 4 is 17.5 Å². The molecule has 0 aliphatic heterocycles. The number of hydrogen-bond acceptors (Lipinski definition) is 5. The molecule has 1 aromatic carbocycles. The lowest BCUT2D eigenvalue weighted by atomic mass is 10.2. The Hall–Kier alpha value is -1.95. The molecule has 0 saturated heterocycles. The van der Waals surface area contributed by atoms with Gasteiger partial charge in [0.1, 0.15) is 5.82 Å². The van der Waals surface area contributed by atoms with Crippen molar-refractivity contribution in [3.05, 3.63) is 40.9 Å². The van der Waals surface area contributed by atoms with Gasteiger partial charge in [0.25, 0.3) is 0 Å². The van der Waals surface area contributed by atoms with Crippen molar-refractivity contribution in [2.45, 2.75) is 19.9 Å². The number of aromatic nitrogens is 3. The summed E-state index contributed by atoms with van der Waals surface area (Å²) in [6, 6.07) is 6.34. The third-order valence-corrected chi connectivity index (χ3v) is 2.56. The van der Waals surface area contributed by atoms with Crippen molar-refractivity contribution < 1.29 is 9.13 Å². The second kappa shape index (κ2) is 7.00. The zero-order valence-electron chi connectivity index (χ0n) is 10.9. The minimum atomic E-state index is -0.271. The number of benzene rings is 1. The average Bonchev–Trinajstić information content (AvgIpc) is 2.44. The van der Waals surface area contributed by atoms with Gasteiger partial charge in [-0.05, 0) is 35.7 Å². The largest absolute Gasteiger partial charge is 0.463 e. The van der Waals surface area contributed by atoms with Crippen LogP contribution < -0.4 is 10.1 Å². The Bertz CT molecular complexity index is 565. The van der Waals surface area contributed by atoms with Crippen LogP contribution in [0.1, 0.15) is 18.9 Å². The zero-order chi connectivity index (χ0) is 14.4. The van der Waals surface area contributed by atoms with Crippen LogP contribution in [0.3, 0.4) is 0 Å². The molecule has 7 heteroatoms. The van der Waals surface area contributed by atoms with Gasteiger partial charge in [-0.15, -0.1) is 0 Å². The molecule has 0 fully saturated rings. The molecule has 0 saturated carbocycles. The number of ether oxygens (including phenoxy) is 1. The van der Waals surface area contributed by atoms with Crippen LogP contribution in [-0.4, -0.2) is 21.6 Å². The van der Waals surface area contributed by atoms with Crippen LogP contribution in [0.4, 0.5) is 10.3 Å². The molecule has 0 atom stereocenters. The van der Waals surface area contributed by atoms with E-state index < -0.39 is 0 Å². The van der Waals surface area contributed by atoms with Crippen molar-refractivity contribution in [1.82, 2.24) is 15.0 Å². The van der Waals surface area contributed by atoms with E-state index in [0.29, 0.717) is 19.1 Å². The summed E-state index contributed by atoms with van der Waals surface area (Å²) in [6.07, 6.45) is 0.849. The van der Waals surface area contributed by atoms with Crippen LogP contribution in [0.5, 0.6) is 6.01 Å². The molecule has 1 N–H and O–H groups in total. The standard InChI is InChI=1S/C13H14ClFN4O/c1-2-7-20-13-18-11(14)17-12(19-13)16-8-9-3-5-10(15)6-4-9/h3-6H,2,7-8H2,1H3,(H,16,17,18,19). The third-order valence-electron chi connectivity index (χ3n) is 2.39. The number of halogens is 2. The Morgan fingerprint density at radius 2 is 1.95 bits per heavy atom. The summed E-state index contributed by atoms with van der Waals surface area (Å²) in [4.78, 5) is 11.9. The van der Waals surface area contributed by atoms with Crippen molar-refractivity contribution in [2.75, 3.05) is 11.9 Å². The van der Waals surface area contributed by atoms with E-state index in [1.165, 1.54) is 12.1 Å². The molecule has 2 rings (SSSR count). The Morgan fingerprint density at radius 1 is 1.20 bits per heavy atom. The maximum atomic E-state index is 12.8. The van der Waals surface area contributed by atoms with E-state index in [9.17, 15) is 4.39 Å². The van der Waals surface area contributed by atoms with Gasteiger partial charge in [-0.3, -0.25) is 0 Å². The van der Waals surface area contributed by atoms with E-state index >= 15 is 0 Å². The predicted molar refractivity (Wildman–Crippen MR) is 74.3 cm³/mol. The fourth-order valence-corrected chi connectivity index (χ4v) is 1.60. The van der Waals surface area contributed by atoms with E-state index in [0.717, 1.165) is 12.0 Å².